The Labute approximate surface area is 120 Å². The molecule has 0 aliphatic rings. The standard InChI is InChI=1S/C14H16BrNOS/c1-9-5-6-18-14(9)13(8-16)17-11-3-4-12(15)10(2)7-11/h3-7,13H,8,16H2,1-2H3. The summed E-state index contributed by atoms with van der Waals surface area (Å²) in [4.78, 5) is 1.21. The molecule has 0 amide bonds. The summed E-state index contributed by atoms with van der Waals surface area (Å²) >= 11 is 5.18. The molecular formula is C14H16BrNOS. The summed E-state index contributed by atoms with van der Waals surface area (Å²) in [5.74, 6) is 0.860. The Balaban J connectivity index is 2.20. The van der Waals surface area contributed by atoms with Crippen LogP contribution >= 0.6 is 27.3 Å². The van der Waals surface area contributed by atoms with Crippen molar-refractivity contribution >= 4 is 27.3 Å². The molecule has 0 fully saturated rings. The molecule has 2 aromatic rings. The van der Waals surface area contributed by atoms with Gasteiger partial charge in [0.25, 0.3) is 0 Å². The zero-order valence-corrected chi connectivity index (χ0v) is 12.8. The van der Waals surface area contributed by atoms with Crippen LogP contribution in [-0.4, -0.2) is 6.54 Å². The van der Waals surface area contributed by atoms with Gasteiger partial charge in [-0.15, -0.1) is 11.3 Å². The lowest BCUT2D eigenvalue weighted by atomic mass is 10.2. The molecule has 0 bridgehead atoms. The van der Waals surface area contributed by atoms with Crippen molar-refractivity contribution in [1.82, 2.24) is 0 Å². The van der Waals surface area contributed by atoms with E-state index in [4.69, 9.17) is 10.5 Å². The van der Waals surface area contributed by atoms with Crippen LogP contribution in [0.2, 0.25) is 0 Å². The number of thiophene rings is 1. The van der Waals surface area contributed by atoms with E-state index in [1.807, 2.05) is 25.1 Å². The Kier molecular flexibility index (Phi) is 4.43. The zero-order valence-electron chi connectivity index (χ0n) is 10.4. The van der Waals surface area contributed by atoms with Crippen molar-refractivity contribution in [1.29, 1.82) is 0 Å². The lowest BCUT2D eigenvalue weighted by Crippen LogP contribution is -2.18. The molecule has 2 N–H and O–H groups in total. The van der Waals surface area contributed by atoms with Gasteiger partial charge in [0.1, 0.15) is 11.9 Å². The van der Waals surface area contributed by atoms with Crippen LogP contribution in [0.25, 0.3) is 0 Å². The van der Waals surface area contributed by atoms with Crippen LogP contribution < -0.4 is 10.5 Å². The van der Waals surface area contributed by atoms with E-state index >= 15 is 0 Å². The van der Waals surface area contributed by atoms with E-state index in [9.17, 15) is 0 Å². The first kappa shape index (κ1) is 13.6. The van der Waals surface area contributed by atoms with Gasteiger partial charge in [-0.1, -0.05) is 15.9 Å². The smallest absolute Gasteiger partial charge is 0.145 e. The van der Waals surface area contributed by atoms with Gasteiger partial charge in [-0.3, -0.25) is 0 Å². The minimum Gasteiger partial charge on any atom is -0.484 e. The highest BCUT2D eigenvalue weighted by molar-refractivity contribution is 9.10. The van der Waals surface area contributed by atoms with Crippen molar-refractivity contribution in [2.45, 2.75) is 20.0 Å². The summed E-state index contributed by atoms with van der Waals surface area (Å²) in [7, 11) is 0. The molecule has 2 rings (SSSR count). The first-order chi connectivity index (χ1) is 8.61. The number of hydrogen-bond acceptors (Lipinski definition) is 3. The number of halogens is 1. The molecule has 0 aliphatic heterocycles. The van der Waals surface area contributed by atoms with Crippen LogP contribution in [0.1, 0.15) is 22.1 Å². The molecule has 2 nitrogen and oxygen atoms in total. The van der Waals surface area contributed by atoms with Crippen LogP contribution in [-0.2, 0) is 0 Å². The number of ether oxygens (including phenoxy) is 1. The molecule has 18 heavy (non-hydrogen) atoms. The third-order valence-electron chi connectivity index (χ3n) is 2.82. The average Bonchev–Trinajstić information content (AvgIpc) is 2.77. The van der Waals surface area contributed by atoms with E-state index in [0.29, 0.717) is 6.54 Å². The van der Waals surface area contributed by atoms with Gasteiger partial charge in [0, 0.05) is 15.9 Å². The fourth-order valence-electron chi connectivity index (χ4n) is 1.78. The molecule has 1 heterocycles. The van der Waals surface area contributed by atoms with Crippen molar-refractivity contribution in [2.24, 2.45) is 5.73 Å². The topological polar surface area (TPSA) is 35.2 Å². The molecule has 1 atom stereocenters. The average molecular weight is 326 g/mol. The van der Waals surface area contributed by atoms with E-state index in [-0.39, 0.29) is 6.10 Å². The first-order valence-electron chi connectivity index (χ1n) is 5.78. The highest BCUT2D eigenvalue weighted by Gasteiger charge is 2.15. The summed E-state index contributed by atoms with van der Waals surface area (Å²) in [6.45, 7) is 4.62. The molecule has 96 valence electrons. The normalized spacial score (nSPS) is 12.4. The van der Waals surface area contributed by atoms with Crippen molar-refractivity contribution in [2.75, 3.05) is 6.54 Å². The summed E-state index contributed by atoms with van der Waals surface area (Å²) in [6.07, 6.45) is -0.0643. The van der Waals surface area contributed by atoms with Gasteiger partial charge in [0.15, 0.2) is 0 Å². The van der Waals surface area contributed by atoms with Gasteiger partial charge in [-0.05, 0) is 54.6 Å². The minimum absolute atomic E-state index is 0.0643. The van der Waals surface area contributed by atoms with Crippen molar-refractivity contribution in [3.8, 4) is 5.75 Å². The molecule has 1 unspecified atom stereocenters. The predicted molar refractivity (Wildman–Crippen MR) is 80.4 cm³/mol. The summed E-state index contributed by atoms with van der Waals surface area (Å²) in [5.41, 5.74) is 8.22. The molecular weight excluding hydrogens is 310 g/mol. The fraction of sp³-hybridized carbons (Fsp3) is 0.286. The molecule has 1 aromatic heterocycles. The maximum atomic E-state index is 5.99. The third kappa shape index (κ3) is 2.94. The minimum atomic E-state index is -0.0643. The molecule has 4 heteroatoms. The predicted octanol–water partition coefficient (Wildman–Crippen LogP) is 4.21. The lowest BCUT2D eigenvalue weighted by molar-refractivity contribution is 0.217. The Bertz CT molecular complexity index is 538. The van der Waals surface area contributed by atoms with Gasteiger partial charge < -0.3 is 10.5 Å². The van der Waals surface area contributed by atoms with E-state index in [1.165, 1.54) is 10.4 Å². The SMILES string of the molecule is Cc1cc(OC(CN)c2sccc2C)ccc1Br. The zero-order chi connectivity index (χ0) is 13.1. The molecule has 0 radical (unpaired) electrons. The highest BCUT2D eigenvalue weighted by atomic mass is 79.9. The number of nitrogens with two attached hydrogens (primary N) is 1. The molecule has 0 saturated carbocycles. The highest BCUT2D eigenvalue weighted by Crippen LogP contribution is 2.29. The Morgan fingerprint density at radius 2 is 2.06 bits per heavy atom. The number of benzene rings is 1. The van der Waals surface area contributed by atoms with Crippen LogP contribution in [0.3, 0.4) is 0 Å². The first-order valence-corrected chi connectivity index (χ1v) is 7.46. The molecule has 0 spiro atoms. The quantitative estimate of drug-likeness (QED) is 0.914. The molecule has 0 saturated heterocycles. The maximum Gasteiger partial charge on any atom is 0.145 e. The van der Waals surface area contributed by atoms with E-state index in [1.54, 1.807) is 11.3 Å². The van der Waals surface area contributed by atoms with Crippen molar-refractivity contribution < 1.29 is 4.74 Å². The van der Waals surface area contributed by atoms with Gasteiger partial charge in [-0.2, -0.15) is 0 Å². The van der Waals surface area contributed by atoms with Gasteiger partial charge in [-0.25, -0.2) is 0 Å². The van der Waals surface area contributed by atoms with Crippen LogP contribution in [0.5, 0.6) is 5.75 Å². The van der Waals surface area contributed by atoms with E-state index < -0.39 is 0 Å². The second kappa shape index (κ2) is 5.87. The second-order valence-electron chi connectivity index (χ2n) is 4.22. The Hall–Kier alpha value is -0.840. The summed E-state index contributed by atoms with van der Waals surface area (Å²) in [5, 5.41) is 2.07. The summed E-state index contributed by atoms with van der Waals surface area (Å²) < 4.78 is 7.08. The second-order valence-corrected chi connectivity index (χ2v) is 6.02. The fourth-order valence-corrected chi connectivity index (χ4v) is 2.99. The Morgan fingerprint density at radius 3 is 2.61 bits per heavy atom. The number of rotatable bonds is 4. The van der Waals surface area contributed by atoms with Crippen molar-refractivity contribution in [3.05, 3.63) is 50.1 Å². The van der Waals surface area contributed by atoms with Gasteiger partial charge in [0.05, 0.1) is 0 Å². The van der Waals surface area contributed by atoms with E-state index in [0.717, 1.165) is 15.8 Å². The van der Waals surface area contributed by atoms with Crippen LogP contribution in [0.4, 0.5) is 0 Å². The number of aryl methyl sites for hydroxylation is 2. The van der Waals surface area contributed by atoms with Crippen molar-refractivity contribution in [3.63, 3.8) is 0 Å². The van der Waals surface area contributed by atoms with Gasteiger partial charge in [0.2, 0.25) is 0 Å². The van der Waals surface area contributed by atoms with Crippen LogP contribution in [0.15, 0.2) is 34.1 Å². The third-order valence-corrected chi connectivity index (χ3v) is 4.82. The van der Waals surface area contributed by atoms with E-state index in [2.05, 4.69) is 34.3 Å². The largest absolute Gasteiger partial charge is 0.484 e. The maximum absolute atomic E-state index is 5.99. The number of hydrogen-bond donors (Lipinski definition) is 1. The molecule has 1 aromatic carbocycles. The molecule has 0 aliphatic carbocycles. The monoisotopic (exact) mass is 325 g/mol. The summed E-state index contributed by atoms with van der Waals surface area (Å²) in [6, 6.07) is 8.08. The van der Waals surface area contributed by atoms with Gasteiger partial charge >= 0.3 is 0 Å². The Morgan fingerprint density at radius 1 is 1.28 bits per heavy atom. The lowest BCUT2D eigenvalue weighted by Gasteiger charge is -2.17. The van der Waals surface area contributed by atoms with Crippen LogP contribution in [0, 0.1) is 13.8 Å².